The third-order valence-corrected chi connectivity index (χ3v) is 5.48. The van der Waals surface area contributed by atoms with Crippen molar-refractivity contribution in [1.29, 1.82) is 0 Å². The van der Waals surface area contributed by atoms with E-state index < -0.39 is 11.5 Å². The number of amides is 1. The average Bonchev–Trinajstić information content (AvgIpc) is 3.40. The summed E-state index contributed by atoms with van der Waals surface area (Å²) >= 11 is 0. The summed E-state index contributed by atoms with van der Waals surface area (Å²) in [4.78, 5) is 31.6. The number of aryl methyl sites for hydroxylation is 1. The van der Waals surface area contributed by atoms with Gasteiger partial charge in [0.25, 0.3) is 0 Å². The Morgan fingerprint density at radius 3 is 2.68 bits per heavy atom. The number of hydrogen-bond acceptors (Lipinski definition) is 5. The number of aromatic nitrogens is 1. The van der Waals surface area contributed by atoms with Crippen LogP contribution in [0, 0.1) is 19.3 Å². The first-order valence-corrected chi connectivity index (χ1v) is 8.85. The van der Waals surface area contributed by atoms with E-state index in [9.17, 15) is 19.8 Å². The topological polar surface area (TPSA) is 96.9 Å². The minimum atomic E-state index is -0.640. The van der Waals surface area contributed by atoms with Crippen LogP contribution in [-0.4, -0.2) is 69.8 Å². The Bertz CT molecular complexity index is 711. The van der Waals surface area contributed by atoms with Gasteiger partial charge in [0.2, 0.25) is 5.91 Å². The van der Waals surface area contributed by atoms with Gasteiger partial charge >= 0.3 is 0 Å². The van der Waals surface area contributed by atoms with Crippen LogP contribution in [0.25, 0.3) is 0 Å². The second-order valence-corrected chi connectivity index (χ2v) is 7.48. The van der Waals surface area contributed by atoms with Crippen LogP contribution in [0.15, 0.2) is 11.0 Å². The van der Waals surface area contributed by atoms with Crippen molar-refractivity contribution in [2.45, 2.75) is 39.3 Å². The van der Waals surface area contributed by atoms with Gasteiger partial charge in [-0.25, -0.2) is 0 Å². The van der Waals surface area contributed by atoms with E-state index in [1.807, 2.05) is 6.92 Å². The molecule has 1 aliphatic carbocycles. The number of aromatic amines is 1. The van der Waals surface area contributed by atoms with E-state index in [1.165, 1.54) is 0 Å². The molecule has 2 fully saturated rings. The number of hydrogen-bond donors (Lipinski definition) is 3. The number of pyridine rings is 1. The van der Waals surface area contributed by atoms with Crippen LogP contribution in [0.4, 0.5) is 0 Å². The van der Waals surface area contributed by atoms with Crippen molar-refractivity contribution in [3.63, 3.8) is 0 Å². The molecule has 0 bridgehead atoms. The van der Waals surface area contributed by atoms with Gasteiger partial charge in [0, 0.05) is 55.7 Å². The molecule has 0 unspecified atom stereocenters. The molecule has 1 saturated heterocycles. The Morgan fingerprint density at radius 1 is 1.32 bits per heavy atom. The summed E-state index contributed by atoms with van der Waals surface area (Å²) in [7, 11) is 0. The summed E-state index contributed by atoms with van der Waals surface area (Å²) in [5.41, 5.74) is 1.67. The molecule has 7 nitrogen and oxygen atoms in total. The fraction of sp³-hybridized carbons (Fsp3) is 0.667. The van der Waals surface area contributed by atoms with E-state index in [4.69, 9.17) is 0 Å². The molecule has 0 aromatic carbocycles. The molecule has 3 N–H and O–H groups in total. The van der Waals surface area contributed by atoms with Gasteiger partial charge in [-0.05, 0) is 26.7 Å². The van der Waals surface area contributed by atoms with Gasteiger partial charge in [0.15, 0.2) is 5.43 Å². The number of nitrogens with one attached hydrogen (secondary N) is 1. The van der Waals surface area contributed by atoms with Gasteiger partial charge in [0.05, 0.1) is 18.1 Å². The van der Waals surface area contributed by atoms with Crippen molar-refractivity contribution in [3.05, 3.63) is 33.2 Å². The molecule has 1 atom stereocenters. The van der Waals surface area contributed by atoms with Gasteiger partial charge in [-0.2, -0.15) is 0 Å². The zero-order chi connectivity index (χ0) is 18.2. The van der Waals surface area contributed by atoms with Crippen LogP contribution < -0.4 is 5.43 Å². The van der Waals surface area contributed by atoms with Crippen LogP contribution in [-0.2, 0) is 11.3 Å². The third-order valence-electron chi connectivity index (χ3n) is 5.48. The smallest absolute Gasteiger partial charge is 0.231 e. The molecular formula is C18H27N3O4. The summed E-state index contributed by atoms with van der Waals surface area (Å²) < 4.78 is 0. The van der Waals surface area contributed by atoms with Crippen molar-refractivity contribution >= 4 is 5.91 Å². The molecule has 1 amide bonds. The number of rotatable bonds is 4. The first-order chi connectivity index (χ1) is 11.9. The highest BCUT2D eigenvalue weighted by Gasteiger charge is 2.51. The van der Waals surface area contributed by atoms with E-state index in [1.54, 1.807) is 18.0 Å². The summed E-state index contributed by atoms with van der Waals surface area (Å²) in [5, 5.41) is 19.8. The van der Waals surface area contributed by atoms with Gasteiger partial charge in [0.1, 0.15) is 0 Å². The number of carbonyl (C=O) groups excluding carboxylic acids is 1. The lowest BCUT2D eigenvalue weighted by molar-refractivity contribution is -0.139. The van der Waals surface area contributed by atoms with Crippen molar-refractivity contribution in [2.75, 3.05) is 32.8 Å². The van der Waals surface area contributed by atoms with Crippen molar-refractivity contribution in [1.82, 2.24) is 14.8 Å². The quantitative estimate of drug-likeness (QED) is 0.698. The van der Waals surface area contributed by atoms with Gasteiger partial charge in [-0.1, -0.05) is 0 Å². The Morgan fingerprint density at radius 2 is 2.04 bits per heavy atom. The van der Waals surface area contributed by atoms with Crippen LogP contribution in [0.1, 0.15) is 29.7 Å². The molecule has 2 heterocycles. The molecule has 138 valence electrons. The van der Waals surface area contributed by atoms with E-state index in [-0.39, 0.29) is 17.9 Å². The van der Waals surface area contributed by atoms with E-state index in [2.05, 4.69) is 9.88 Å². The number of aliphatic hydroxyl groups excluding tert-OH is 2. The molecular weight excluding hydrogens is 322 g/mol. The predicted octanol–water partition coefficient (Wildman–Crippen LogP) is -0.231. The van der Waals surface area contributed by atoms with Gasteiger partial charge < -0.3 is 20.1 Å². The lowest BCUT2D eigenvalue weighted by Gasteiger charge is -2.26. The second kappa shape index (κ2) is 6.90. The van der Waals surface area contributed by atoms with E-state index in [0.29, 0.717) is 43.9 Å². The molecule has 1 aromatic heterocycles. The Kier molecular flexibility index (Phi) is 4.99. The molecule has 7 heteroatoms. The molecule has 1 aliphatic heterocycles. The van der Waals surface area contributed by atoms with Crippen molar-refractivity contribution in [3.8, 4) is 0 Å². The monoisotopic (exact) mass is 349 g/mol. The Labute approximate surface area is 147 Å². The maximum atomic E-state index is 12.6. The fourth-order valence-electron chi connectivity index (χ4n) is 3.50. The molecule has 1 saturated carbocycles. The maximum Gasteiger partial charge on any atom is 0.231 e. The number of H-pyrrole nitrogens is 1. The molecule has 3 rings (SSSR count). The third kappa shape index (κ3) is 3.63. The van der Waals surface area contributed by atoms with Crippen LogP contribution in [0.5, 0.6) is 0 Å². The Balaban J connectivity index is 1.69. The van der Waals surface area contributed by atoms with Crippen molar-refractivity contribution < 1.29 is 15.0 Å². The molecule has 0 spiro atoms. The normalized spacial score (nSPS) is 23.4. The average molecular weight is 349 g/mol. The minimum absolute atomic E-state index is 0.0412. The molecule has 25 heavy (non-hydrogen) atoms. The molecule has 1 aromatic rings. The van der Waals surface area contributed by atoms with Crippen LogP contribution in [0.3, 0.4) is 0 Å². The first kappa shape index (κ1) is 18.1. The summed E-state index contributed by atoms with van der Waals surface area (Å²) in [6.07, 6.45) is 2.52. The predicted molar refractivity (Wildman–Crippen MR) is 93.2 cm³/mol. The second-order valence-electron chi connectivity index (χ2n) is 7.48. The summed E-state index contributed by atoms with van der Waals surface area (Å²) in [5.74, 6) is -0.0455. The maximum absolute atomic E-state index is 12.6. The number of carbonyl (C=O) groups is 1. The SMILES string of the molecule is Cc1c[nH]c(CN2CCN(C(=O)C3(CO)CC3)C[C@@H](O)C2)c(C)c1=O. The van der Waals surface area contributed by atoms with Gasteiger partial charge in [-0.15, -0.1) is 0 Å². The highest BCUT2D eigenvalue weighted by Crippen LogP contribution is 2.46. The van der Waals surface area contributed by atoms with E-state index in [0.717, 1.165) is 18.5 Å². The lowest BCUT2D eigenvalue weighted by atomic mass is 10.1. The van der Waals surface area contributed by atoms with E-state index >= 15 is 0 Å². The van der Waals surface area contributed by atoms with Gasteiger partial charge in [-0.3, -0.25) is 14.5 Å². The number of β-amino-alcohol motifs (C(OH)–C–C–N with tert-alkyl or cyclic N) is 1. The van der Waals surface area contributed by atoms with Crippen molar-refractivity contribution in [2.24, 2.45) is 5.41 Å². The van der Waals surface area contributed by atoms with Crippen LogP contribution in [0.2, 0.25) is 0 Å². The highest BCUT2D eigenvalue weighted by molar-refractivity contribution is 5.85. The zero-order valence-electron chi connectivity index (χ0n) is 14.9. The first-order valence-electron chi connectivity index (χ1n) is 8.85. The minimum Gasteiger partial charge on any atom is -0.395 e. The summed E-state index contributed by atoms with van der Waals surface area (Å²) in [6.45, 7) is 5.89. The number of nitrogens with zero attached hydrogens (tertiary/aromatic N) is 2. The Hall–Kier alpha value is -1.70. The molecule has 0 radical (unpaired) electrons. The molecule has 2 aliphatic rings. The fourth-order valence-corrected chi connectivity index (χ4v) is 3.50. The number of aliphatic hydroxyl groups is 2. The summed E-state index contributed by atoms with van der Waals surface area (Å²) in [6, 6.07) is 0. The van der Waals surface area contributed by atoms with Crippen LogP contribution >= 0.6 is 0 Å². The highest BCUT2D eigenvalue weighted by atomic mass is 16.3. The largest absolute Gasteiger partial charge is 0.395 e. The standard InChI is InChI=1S/C18H27N3O4/c1-12-7-19-15(13(2)16(12)24)10-20-5-6-21(9-14(23)8-20)17(25)18(11-22)3-4-18/h7,14,22-23H,3-6,8-11H2,1-2H3,(H,19,24)/t14-/m0/s1. The lowest BCUT2D eigenvalue weighted by Crippen LogP contribution is -2.43. The zero-order valence-corrected chi connectivity index (χ0v) is 14.9.